The lowest BCUT2D eigenvalue weighted by molar-refractivity contribution is -0.190. The third-order valence-electron chi connectivity index (χ3n) is 10.9. The van der Waals surface area contributed by atoms with E-state index < -0.39 is 22.2 Å². The van der Waals surface area contributed by atoms with E-state index >= 15 is 0 Å². The summed E-state index contributed by atoms with van der Waals surface area (Å²) in [7, 11) is -2.15. The molecule has 0 spiro atoms. The standard InChI is InChI=1S/C31H58O4Si2/c1-29(2,3)36(8,9)34-24(21-23-15-13-12-14-16-23)17-18-25-26-22-28(32)31(26,33-7)20-19-27(25)35-37(10,11)30(4,5)6/h17-18,23-27H,12-16,19-22H2,1-11H3/b18-17+/t24-,25+,26+,27+,31+/m1/s1. The first-order valence-corrected chi connectivity index (χ1v) is 20.9. The van der Waals surface area contributed by atoms with Crippen molar-refractivity contribution in [3.8, 4) is 0 Å². The number of hydrogen-bond donors (Lipinski definition) is 0. The minimum absolute atomic E-state index is 0.132. The van der Waals surface area contributed by atoms with E-state index in [4.69, 9.17) is 13.6 Å². The van der Waals surface area contributed by atoms with E-state index in [-0.39, 0.29) is 39.9 Å². The molecular weight excluding hydrogens is 493 g/mol. The number of rotatable bonds is 9. The SMILES string of the molecule is CO[C@@]12CC[C@H](O[Si](C)(C)C(C)(C)C)[C@@H](/C=C/[C@H](CC3CCCCC3)O[Si](C)(C)C(C)(C)C)[C@@H]1CC2=O. The van der Waals surface area contributed by atoms with Crippen molar-refractivity contribution in [1.82, 2.24) is 0 Å². The first-order valence-electron chi connectivity index (χ1n) is 15.1. The van der Waals surface area contributed by atoms with Crippen LogP contribution in [0.25, 0.3) is 0 Å². The zero-order valence-electron chi connectivity index (χ0n) is 26.0. The zero-order valence-corrected chi connectivity index (χ0v) is 28.0. The van der Waals surface area contributed by atoms with Crippen molar-refractivity contribution in [3.63, 3.8) is 0 Å². The van der Waals surface area contributed by atoms with Crippen molar-refractivity contribution >= 4 is 22.4 Å². The number of methoxy groups -OCH3 is 1. The number of Topliss-reactive ketones (excluding diaryl/α,β-unsaturated/α-hetero) is 1. The highest BCUT2D eigenvalue weighted by Gasteiger charge is 2.62. The molecule has 5 atom stereocenters. The molecule has 3 rings (SSSR count). The van der Waals surface area contributed by atoms with Crippen LogP contribution >= 0.6 is 0 Å². The van der Waals surface area contributed by atoms with Gasteiger partial charge in [-0.2, -0.15) is 0 Å². The van der Waals surface area contributed by atoms with Gasteiger partial charge in [0.2, 0.25) is 0 Å². The number of ketones is 1. The van der Waals surface area contributed by atoms with Gasteiger partial charge in [0.05, 0.1) is 12.2 Å². The molecule has 3 fully saturated rings. The topological polar surface area (TPSA) is 44.8 Å². The van der Waals surface area contributed by atoms with E-state index in [1.165, 1.54) is 32.1 Å². The summed E-state index contributed by atoms with van der Waals surface area (Å²) in [6, 6.07) is 0. The molecule has 0 bridgehead atoms. The van der Waals surface area contributed by atoms with E-state index in [1.807, 2.05) is 0 Å². The molecule has 0 aromatic heterocycles. The van der Waals surface area contributed by atoms with Crippen LogP contribution in [-0.2, 0) is 18.4 Å². The van der Waals surface area contributed by atoms with Crippen LogP contribution in [0.1, 0.15) is 99.3 Å². The largest absolute Gasteiger partial charge is 0.413 e. The van der Waals surface area contributed by atoms with E-state index in [0.29, 0.717) is 6.42 Å². The average Bonchev–Trinajstić information content (AvgIpc) is 2.77. The molecule has 0 aromatic rings. The van der Waals surface area contributed by atoms with Crippen LogP contribution < -0.4 is 0 Å². The molecule has 0 unspecified atom stereocenters. The van der Waals surface area contributed by atoms with Gasteiger partial charge in [-0.05, 0) is 61.4 Å². The van der Waals surface area contributed by atoms with Crippen molar-refractivity contribution in [2.24, 2.45) is 17.8 Å². The summed E-state index contributed by atoms with van der Waals surface area (Å²) in [6.07, 6.45) is 15.2. The van der Waals surface area contributed by atoms with Gasteiger partial charge in [0.15, 0.2) is 22.4 Å². The number of fused-ring (bicyclic) bond motifs is 1. The summed E-state index contributed by atoms with van der Waals surface area (Å²) in [5.41, 5.74) is -0.610. The lowest BCUT2D eigenvalue weighted by Gasteiger charge is -2.56. The van der Waals surface area contributed by atoms with Gasteiger partial charge in [0, 0.05) is 25.4 Å². The first kappa shape index (κ1) is 31.3. The minimum Gasteiger partial charge on any atom is -0.413 e. The second kappa shape index (κ2) is 11.3. The van der Waals surface area contributed by atoms with Crippen LogP contribution in [0.15, 0.2) is 12.2 Å². The van der Waals surface area contributed by atoms with Crippen molar-refractivity contribution in [2.45, 2.75) is 153 Å². The van der Waals surface area contributed by atoms with E-state index in [2.05, 4.69) is 79.9 Å². The highest BCUT2D eigenvalue weighted by atomic mass is 28.4. The van der Waals surface area contributed by atoms with Gasteiger partial charge < -0.3 is 13.6 Å². The molecule has 37 heavy (non-hydrogen) atoms. The van der Waals surface area contributed by atoms with E-state index in [0.717, 1.165) is 25.2 Å². The summed E-state index contributed by atoms with van der Waals surface area (Å²) in [6.45, 7) is 23.4. The van der Waals surface area contributed by atoms with E-state index in [9.17, 15) is 4.79 Å². The highest BCUT2D eigenvalue weighted by Crippen LogP contribution is 2.53. The summed E-state index contributed by atoms with van der Waals surface area (Å²) < 4.78 is 20.1. The average molecular weight is 551 g/mol. The second-order valence-corrected chi connectivity index (χ2v) is 24.9. The number of ether oxygens (including phenoxy) is 1. The maximum atomic E-state index is 12.8. The molecule has 0 saturated heterocycles. The fraction of sp³-hybridized carbons (Fsp3) is 0.903. The highest BCUT2D eigenvalue weighted by molar-refractivity contribution is 6.74. The summed E-state index contributed by atoms with van der Waals surface area (Å²) in [4.78, 5) is 12.8. The Morgan fingerprint density at radius 1 is 0.946 bits per heavy atom. The molecule has 0 aromatic carbocycles. The monoisotopic (exact) mass is 550 g/mol. The van der Waals surface area contributed by atoms with Gasteiger partial charge in [-0.15, -0.1) is 0 Å². The molecule has 3 saturated carbocycles. The van der Waals surface area contributed by atoms with Crippen LogP contribution in [0.4, 0.5) is 0 Å². The third-order valence-corrected chi connectivity index (χ3v) is 19.9. The normalized spacial score (nSPS) is 31.3. The maximum Gasteiger partial charge on any atom is 0.192 e. The Kier molecular flexibility index (Phi) is 9.55. The maximum absolute atomic E-state index is 12.8. The predicted molar refractivity (Wildman–Crippen MR) is 160 cm³/mol. The van der Waals surface area contributed by atoms with Gasteiger partial charge in [-0.25, -0.2) is 0 Å². The Balaban J connectivity index is 1.90. The molecule has 3 aliphatic rings. The Morgan fingerprint density at radius 3 is 2.05 bits per heavy atom. The van der Waals surface area contributed by atoms with Gasteiger partial charge >= 0.3 is 0 Å². The molecule has 6 heteroatoms. The quantitative estimate of drug-likeness (QED) is 0.213. The summed E-state index contributed by atoms with van der Waals surface area (Å²) in [5, 5.41) is 0.331. The van der Waals surface area contributed by atoms with Crippen LogP contribution in [0.5, 0.6) is 0 Å². The van der Waals surface area contributed by atoms with Gasteiger partial charge in [0.1, 0.15) is 5.60 Å². The Hall–Kier alpha value is -0.276. The van der Waals surface area contributed by atoms with Crippen LogP contribution in [-0.4, -0.2) is 47.3 Å². The Bertz CT molecular complexity index is 816. The predicted octanol–water partition coefficient (Wildman–Crippen LogP) is 8.68. The van der Waals surface area contributed by atoms with Gasteiger partial charge in [0.25, 0.3) is 0 Å². The third kappa shape index (κ3) is 6.73. The molecule has 4 nitrogen and oxygen atoms in total. The molecule has 214 valence electrons. The Labute approximate surface area is 230 Å². The molecular formula is C31H58O4Si2. The number of hydrogen-bond acceptors (Lipinski definition) is 4. The molecule has 0 N–H and O–H groups in total. The van der Waals surface area contributed by atoms with Crippen molar-refractivity contribution in [3.05, 3.63) is 12.2 Å². The van der Waals surface area contributed by atoms with Gasteiger partial charge in [-0.1, -0.05) is 85.8 Å². The van der Waals surface area contributed by atoms with E-state index in [1.54, 1.807) is 7.11 Å². The molecule has 0 aliphatic heterocycles. The minimum atomic E-state index is -1.95. The molecule has 3 aliphatic carbocycles. The van der Waals surface area contributed by atoms with Crippen molar-refractivity contribution < 1.29 is 18.4 Å². The summed E-state index contributed by atoms with van der Waals surface area (Å²) >= 11 is 0. The number of carbonyl (C=O) groups is 1. The fourth-order valence-electron chi connectivity index (χ4n) is 6.24. The zero-order chi connectivity index (χ0) is 27.9. The molecule has 0 radical (unpaired) electrons. The molecule has 0 heterocycles. The van der Waals surface area contributed by atoms with Gasteiger partial charge in [-0.3, -0.25) is 4.79 Å². The van der Waals surface area contributed by atoms with Crippen LogP contribution in [0.2, 0.25) is 36.3 Å². The molecule has 0 amide bonds. The van der Waals surface area contributed by atoms with Crippen molar-refractivity contribution in [1.29, 1.82) is 0 Å². The van der Waals surface area contributed by atoms with Crippen LogP contribution in [0.3, 0.4) is 0 Å². The first-order chi connectivity index (χ1) is 16.9. The number of carbonyl (C=O) groups excluding carboxylic acids is 1. The lowest BCUT2D eigenvalue weighted by Crippen LogP contribution is -2.65. The lowest BCUT2D eigenvalue weighted by atomic mass is 9.55. The summed E-state index contributed by atoms with van der Waals surface area (Å²) in [5.74, 6) is 1.42. The fourth-order valence-corrected chi connectivity index (χ4v) is 8.91. The smallest absolute Gasteiger partial charge is 0.192 e. The van der Waals surface area contributed by atoms with Crippen molar-refractivity contribution in [2.75, 3.05) is 7.11 Å². The second-order valence-electron chi connectivity index (χ2n) is 15.4. The van der Waals surface area contributed by atoms with Crippen LogP contribution in [0, 0.1) is 17.8 Å². The Morgan fingerprint density at radius 2 is 1.54 bits per heavy atom.